The molecule has 0 amide bonds. The maximum atomic E-state index is 14.2. The molecule has 0 heterocycles. The summed E-state index contributed by atoms with van der Waals surface area (Å²) in [6.07, 6.45) is 0. The van der Waals surface area contributed by atoms with Gasteiger partial charge < -0.3 is 0 Å². The zero-order valence-electron chi connectivity index (χ0n) is 9.93. The molecule has 2 rings (SSSR count). The number of nitrogens with one attached hydrogen (secondary N) is 1. The Hall–Kier alpha value is -0.530. The van der Waals surface area contributed by atoms with Crippen LogP contribution in [-0.2, 0) is 0 Å². The van der Waals surface area contributed by atoms with E-state index in [0.717, 1.165) is 0 Å². The van der Waals surface area contributed by atoms with E-state index in [1.54, 1.807) is 18.2 Å². The van der Waals surface area contributed by atoms with E-state index in [1.165, 1.54) is 12.1 Å². The van der Waals surface area contributed by atoms with E-state index < -0.39 is 17.7 Å². The van der Waals surface area contributed by atoms with Crippen molar-refractivity contribution in [3.8, 4) is 0 Å². The van der Waals surface area contributed by atoms with Crippen molar-refractivity contribution in [1.82, 2.24) is 5.43 Å². The molecule has 0 bridgehead atoms. The molecule has 2 aromatic rings. The van der Waals surface area contributed by atoms with Gasteiger partial charge in [-0.3, -0.25) is 5.84 Å². The Morgan fingerprint density at radius 3 is 2.45 bits per heavy atom. The SMILES string of the molecule is NNC(c1cccc(Br)c1Cl)c1c(F)ccc(Br)c1F. The van der Waals surface area contributed by atoms with Crippen LogP contribution in [0.25, 0.3) is 0 Å². The van der Waals surface area contributed by atoms with Crippen molar-refractivity contribution >= 4 is 43.5 Å². The first-order valence-electron chi connectivity index (χ1n) is 5.50. The van der Waals surface area contributed by atoms with Crippen molar-refractivity contribution in [1.29, 1.82) is 0 Å². The van der Waals surface area contributed by atoms with Gasteiger partial charge in [0.25, 0.3) is 0 Å². The summed E-state index contributed by atoms with van der Waals surface area (Å²) < 4.78 is 28.9. The molecule has 0 radical (unpaired) electrons. The van der Waals surface area contributed by atoms with Crippen LogP contribution in [0.4, 0.5) is 8.78 Å². The Bertz CT molecular complexity index is 653. The van der Waals surface area contributed by atoms with E-state index in [9.17, 15) is 8.78 Å². The predicted molar refractivity (Wildman–Crippen MR) is 82.4 cm³/mol. The quantitative estimate of drug-likeness (QED) is 0.424. The Labute approximate surface area is 136 Å². The second kappa shape index (κ2) is 6.49. The number of benzene rings is 2. The fraction of sp³-hybridized carbons (Fsp3) is 0.0769. The molecule has 20 heavy (non-hydrogen) atoms. The number of rotatable bonds is 3. The third-order valence-electron chi connectivity index (χ3n) is 2.83. The van der Waals surface area contributed by atoms with E-state index in [1.807, 2.05) is 0 Å². The van der Waals surface area contributed by atoms with Crippen LogP contribution in [0.5, 0.6) is 0 Å². The van der Waals surface area contributed by atoms with Crippen molar-refractivity contribution in [3.05, 3.63) is 67.1 Å². The van der Waals surface area contributed by atoms with E-state index in [0.29, 0.717) is 15.1 Å². The Morgan fingerprint density at radius 2 is 1.80 bits per heavy atom. The lowest BCUT2D eigenvalue weighted by Crippen LogP contribution is -2.30. The van der Waals surface area contributed by atoms with Crippen LogP contribution in [0.3, 0.4) is 0 Å². The Balaban J connectivity index is 2.65. The highest BCUT2D eigenvalue weighted by atomic mass is 79.9. The largest absolute Gasteiger partial charge is 0.271 e. The third kappa shape index (κ3) is 2.89. The van der Waals surface area contributed by atoms with Crippen LogP contribution in [-0.4, -0.2) is 0 Å². The molecule has 0 fully saturated rings. The fourth-order valence-electron chi connectivity index (χ4n) is 1.88. The molecule has 0 aromatic heterocycles. The Morgan fingerprint density at radius 1 is 1.10 bits per heavy atom. The van der Waals surface area contributed by atoms with Gasteiger partial charge in [-0.2, -0.15) is 0 Å². The average molecular weight is 426 g/mol. The summed E-state index contributed by atoms with van der Waals surface area (Å²) in [5, 5.41) is 0.342. The van der Waals surface area contributed by atoms with Crippen molar-refractivity contribution in [2.75, 3.05) is 0 Å². The van der Waals surface area contributed by atoms with Crippen LogP contribution < -0.4 is 11.3 Å². The van der Waals surface area contributed by atoms with E-state index in [4.69, 9.17) is 17.4 Å². The number of halogens is 5. The van der Waals surface area contributed by atoms with Crippen molar-refractivity contribution in [2.24, 2.45) is 5.84 Å². The smallest absolute Gasteiger partial charge is 0.145 e. The average Bonchev–Trinajstić information content (AvgIpc) is 2.43. The summed E-state index contributed by atoms with van der Waals surface area (Å²) in [6, 6.07) is 6.65. The van der Waals surface area contributed by atoms with Gasteiger partial charge in [0.2, 0.25) is 0 Å². The molecule has 0 aliphatic heterocycles. The molecule has 0 saturated carbocycles. The first-order chi connectivity index (χ1) is 9.47. The standard InChI is InChI=1S/C13H9Br2ClF2N2/c14-7-3-1-2-6(11(7)16)13(20-19)10-9(17)5-4-8(15)12(10)18/h1-5,13,20H,19H2. The minimum atomic E-state index is -0.905. The van der Waals surface area contributed by atoms with E-state index in [-0.39, 0.29) is 10.0 Å². The number of hydrogen-bond acceptors (Lipinski definition) is 2. The van der Waals surface area contributed by atoms with Crippen LogP contribution >= 0.6 is 43.5 Å². The van der Waals surface area contributed by atoms with Gasteiger partial charge in [-0.05, 0) is 55.6 Å². The van der Waals surface area contributed by atoms with Crippen LogP contribution in [0.1, 0.15) is 17.2 Å². The molecule has 7 heteroatoms. The zero-order valence-corrected chi connectivity index (χ0v) is 13.9. The molecule has 0 spiro atoms. The molecular formula is C13H9Br2ClF2N2. The maximum absolute atomic E-state index is 14.2. The summed E-state index contributed by atoms with van der Waals surface area (Å²) in [5.74, 6) is 4.05. The molecular weight excluding hydrogens is 417 g/mol. The first-order valence-corrected chi connectivity index (χ1v) is 7.47. The minimum Gasteiger partial charge on any atom is -0.271 e. The maximum Gasteiger partial charge on any atom is 0.145 e. The molecule has 106 valence electrons. The van der Waals surface area contributed by atoms with Crippen molar-refractivity contribution in [3.63, 3.8) is 0 Å². The third-order valence-corrected chi connectivity index (χ3v) is 4.75. The minimum absolute atomic E-state index is 0.153. The molecule has 3 N–H and O–H groups in total. The van der Waals surface area contributed by atoms with Gasteiger partial charge in [-0.15, -0.1) is 0 Å². The van der Waals surface area contributed by atoms with Gasteiger partial charge >= 0.3 is 0 Å². The van der Waals surface area contributed by atoms with Crippen LogP contribution in [0.15, 0.2) is 39.3 Å². The van der Waals surface area contributed by atoms with E-state index in [2.05, 4.69) is 37.3 Å². The van der Waals surface area contributed by atoms with Gasteiger partial charge in [-0.1, -0.05) is 23.7 Å². The van der Waals surface area contributed by atoms with Gasteiger partial charge in [0.05, 0.1) is 15.5 Å². The number of nitrogens with two attached hydrogens (primary N) is 1. The van der Waals surface area contributed by atoms with Gasteiger partial charge in [0.1, 0.15) is 11.6 Å². The van der Waals surface area contributed by atoms with Crippen molar-refractivity contribution in [2.45, 2.75) is 6.04 Å². The Kier molecular flexibility index (Phi) is 5.14. The van der Waals surface area contributed by atoms with Gasteiger partial charge in [0, 0.05) is 10.0 Å². The summed E-state index contributed by atoms with van der Waals surface area (Å²) in [4.78, 5) is 0. The first kappa shape index (κ1) is 15.9. The highest BCUT2D eigenvalue weighted by Crippen LogP contribution is 2.36. The van der Waals surface area contributed by atoms with Crippen LogP contribution in [0, 0.1) is 11.6 Å². The number of hydrogen-bond donors (Lipinski definition) is 2. The molecule has 0 aliphatic carbocycles. The summed E-state index contributed by atoms with van der Waals surface area (Å²) in [7, 11) is 0. The molecule has 1 unspecified atom stereocenters. The summed E-state index contributed by atoms with van der Waals surface area (Å²) >= 11 is 12.5. The molecule has 2 nitrogen and oxygen atoms in total. The molecule has 2 aromatic carbocycles. The highest BCUT2D eigenvalue weighted by Gasteiger charge is 2.25. The van der Waals surface area contributed by atoms with E-state index >= 15 is 0 Å². The normalized spacial score (nSPS) is 12.5. The lowest BCUT2D eigenvalue weighted by molar-refractivity contribution is 0.507. The second-order valence-electron chi connectivity index (χ2n) is 4.00. The molecule has 0 aliphatic rings. The molecule has 0 saturated heterocycles. The fourth-order valence-corrected chi connectivity index (χ4v) is 2.84. The predicted octanol–water partition coefficient (Wildman–Crippen LogP) is 4.70. The highest BCUT2D eigenvalue weighted by molar-refractivity contribution is 9.10. The molecule has 1 atom stereocenters. The van der Waals surface area contributed by atoms with Gasteiger partial charge in [-0.25, -0.2) is 14.2 Å². The van der Waals surface area contributed by atoms with Crippen LogP contribution in [0.2, 0.25) is 5.02 Å². The topological polar surface area (TPSA) is 38.0 Å². The van der Waals surface area contributed by atoms with Gasteiger partial charge in [0.15, 0.2) is 0 Å². The lowest BCUT2D eigenvalue weighted by atomic mass is 9.98. The number of hydrazine groups is 1. The van der Waals surface area contributed by atoms with Crippen molar-refractivity contribution < 1.29 is 8.78 Å². The second-order valence-corrected chi connectivity index (χ2v) is 6.09. The summed E-state index contributed by atoms with van der Waals surface area (Å²) in [6.45, 7) is 0. The monoisotopic (exact) mass is 424 g/mol. The lowest BCUT2D eigenvalue weighted by Gasteiger charge is -2.20. The summed E-state index contributed by atoms with van der Waals surface area (Å²) in [5.41, 5.74) is 2.68. The zero-order chi connectivity index (χ0) is 14.9.